The van der Waals surface area contributed by atoms with Crippen molar-refractivity contribution in [1.82, 2.24) is 4.98 Å². The number of nitrogens with one attached hydrogen (secondary N) is 1. The van der Waals surface area contributed by atoms with E-state index >= 15 is 0 Å². The Morgan fingerprint density at radius 1 is 0.933 bits per heavy atom. The molecule has 0 aliphatic heterocycles. The Hall–Kier alpha value is -4.17. The molecule has 4 aromatic rings. The lowest BCUT2D eigenvalue weighted by molar-refractivity contribution is 0.102. The summed E-state index contributed by atoms with van der Waals surface area (Å²) in [5.41, 5.74) is 3.62. The lowest BCUT2D eigenvalue weighted by atomic mass is 10.1. The van der Waals surface area contributed by atoms with Crippen LogP contribution in [0.25, 0.3) is 10.9 Å². The fourth-order valence-corrected chi connectivity index (χ4v) is 3.10. The molecule has 0 spiro atoms. The van der Waals surface area contributed by atoms with Crippen molar-refractivity contribution in [3.05, 3.63) is 102 Å². The second kappa shape index (κ2) is 8.89. The maximum absolute atomic E-state index is 12.7. The minimum atomic E-state index is -0.269. The van der Waals surface area contributed by atoms with Gasteiger partial charge in [0.05, 0.1) is 18.0 Å². The molecule has 0 aliphatic carbocycles. The molecular formula is C25H19N3O2. The van der Waals surface area contributed by atoms with E-state index in [4.69, 9.17) is 10.00 Å². The third-order valence-electron chi connectivity index (χ3n) is 4.70. The Labute approximate surface area is 174 Å². The molecule has 4 rings (SSSR count). The molecule has 146 valence electrons. The van der Waals surface area contributed by atoms with Crippen LogP contribution in [0.15, 0.2) is 84.9 Å². The number of benzene rings is 3. The van der Waals surface area contributed by atoms with Crippen molar-refractivity contribution >= 4 is 22.5 Å². The van der Waals surface area contributed by atoms with Crippen molar-refractivity contribution in [2.75, 3.05) is 5.32 Å². The van der Waals surface area contributed by atoms with Gasteiger partial charge in [-0.3, -0.25) is 4.79 Å². The molecule has 0 radical (unpaired) electrons. The van der Waals surface area contributed by atoms with Crippen LogP contribution in [0.5, 0.6) is 5.75 Å². The Bertz CT molecular complexity index is 1230. The van der Waals surface area contributed by atoms with Gasteiger partial charge in [0, 0.05) is 16.6 Å². The quantitative estimate of drug-likeness (QED) is 0.493. The monoisotopic (exact) mass is 393 g/mol. The predicted octanol–water partition coefficient (Wildman–Crippen LogP) is 5.13. The normalized spacial score (nSPS) is 10.4. The van der Waals surface area contributed by atoms with Gasteiger partial charge in [0.1, 0.15) is 18.1 Å². The number of para-hydroxylation sites is 2. The first-order chi connectivity index (χ1) is 14.7. The highest BCUT2D eigenvalue weighted by molar-refractivity contribution is 6.04. The number of ether oxygens (including phenoxy) is 1. The molecule has 3 aromatic carbocycles. The molecule has 5 nitrogen and oxygen atoms in total. The number of nitrogens with zero attached hydrogens (tertiary/aromatic N) is 2. The summed E-state index contributed by atoms with van der Waals surface area (Å²) in [6, 6.07) is 28.4. The van der Waals surface area contributed by atoms with Crippen LogP contribution in [0.1, 0.15) is 21.6 Å². The van der Waals surface area contributed by atoms with E-state index in [1.807, 2.05) is 78.9 Å². The van der Waals surface area contributed by atoms with Gasteiger partial charge in [-0.1, -0.05) is 54.6 Å². The number of aromatic nitrogens is 1. The summed E-state index contributed by atoms with van der Waals surface area (Å²) >= 11 is 0. The Kier molecular flexibility index (Phi) is 5.68. The van der Waals surface area contributed by atoms with E-state index in [9.17, 15) is 4.79 Å². The molecule has 1 amide bonds. The van der Waals surface area contributed by atoms with E-state index in [0.717, 1.165) is 22.0 Å². The van der Waals surface area contributed by atoms with E-state index in [0.29, 0.717) is 30.2 Å². The van der Waals surface area contributed by atoms with Crippen molar-refractivity contribution in [2.24, 2.45) is 0 Å². The van der Waals surface area contributed by atoms with Crippen LogP contribution in [0.3, 0.4) is 0 Å². The largest absolute Gasteiger partial charge is 0.489 e. The third-order valence-corrected chi connectivity index (χ3v) is 4.70. The average molecular weight is 393 g/mol. The van der Waals surface area contributed by atoms with Gasteiger partial charge in [0.25, 0.3) is 5.91 Å². The van der Waals surface area contributed by atoms with Crippen molar-refractivity contribution < 1.29 is 9.53 Å². The molecule has 0 saturated carbocycles. The number of hydrogen-bond acceptors (Lipinski definition) is 4. The van der Waals surface area contributed by atoms with Gasteiger partial charge >= 0.3 is 0 Å². The standard InChI is InChI=1S/C25H19N3O2/c26-16-15-18-9-12-21(13-10-18)30-17-20-6-2-4-8-23(20)28-25(29)24-14-11-19-5-1-3-7-22(19)27-24/h1-14H,15,17H2,(H,28,29). The number of fused-ring (bicyclic) bond motifs is 1. The highest BCUT2D eigenvalue weighted by Gasteiger charge is 2.11. The van der Waals surface area contributed by atoms with Crippen molar-refractivity contribution in [2.45, 2.75) is 13.0 Å². The summed E-state index contributed by atoms with van der Waals surface area (Å²) in [4.78, 5) is 17.2. The van der Waals surface area contributed by atoms with Gasteiger partial charge in [0.2, 0.25) is 0 Å². The minimum absolute atomic E-state index is 0.269. The topological polar surface area (TPSA) is 75.0 Å². The summed E-state index contributed by atoms with van der Waals surface area (Å²) < 4.78 is 5.86. The second-order valence-electron chi connectivity index (χ2n) is 6.77. The highest BCUT2D eigenvalue weighted by Crippen LogP contribution is 2.20. The van der Waals surface area contributed by atoms with Crippen LogP contribution < -0.4 is 10.1 Å². The van der Waals surface area contributed by atoms with Crippen LogP contribution in [-0.4, -0.2) is 10.9 Å². The van der Waals surface area contributed by atoms with E-state index in [-0.39, 0.29) is 5.91 Å². The fourth-order valence-electron chi connectivity index (χ4n) is 3.10. The molecule has 0 bridgehead atoms. The van der Waals surface area contributed by atoms with E-state index in [1.165, 1.54) is 0 Å². The average Bonchev–Trinajstić information content (AvgIpc) is 2.79. The van der Waals surface area contributed by atoms with Crippen molar-refractivity contribution in [3.63, 3.8) is 0 Å². The number of carbonyl (C=O) groups excluding carboxylic acids is 1. The van der Waals surface area contributed by atoms with Crippen LogP contribution >= 0.6 is 0 Å². The minimum Gasteiger partial charge on any atom is -0.489 e. The first-order valence-corrected chi connectivity index (χ1v) is 9.57. The zero-order chi connectivity index (χ0) is 20.8. The van der Waals surface area contributed by atoms with Crippen LogP contribution in [-0.2, 0) is 13.0 Å². The number of anilines is 1. The van der Waals surface area contributed by atoms with E-state index in [1.54, 1.807) is 6.07 Å². The number of hydrogen-bond donors (Lipinski definition) is 1. The maximum atomic E-state index is 12.7. The lowest BCUT2D eigenvalue weighted by Gasteiger charge is -2.12. The molecule has 0 saturated heterocycles. The number of carbonyl (C=O) groups is 1. The fraction of sp³-hybridized carbons (Fsp3) is 0.0800. The zero-order valence-corrected chi connectivity index (χ0v) is 16.2. The summed E-state index contributed by atoms with van der Waals surface area (Å²) in [5, 5.41) is 12.7. The molecule has 0 aliphatic rings. The molecule has 30 heavy (non-hydrogen) atoms. The van der Waals surface area contributed by atoms with Crippen LogP contribution in [0.4, 0.5) is 5.69 Å². The zero-order valence-electron chi connectivity index (χ0n) is 16.2. The SMILES string of the molecule is N#CCc1ccc(OCc2ccccc2NC(=O)c2ccc3ccccc3n2)cc1. The molecule has 0 atom stereocenters. The van der Waals surface area contributed by atoms with Gasteiger partial charge in [-0.15, -0.1) is 0 Å². The first kappa shape index (κ1) is 19.2. The molecule has 1 N–H and O–H groups in total. The lowest BCUT2D eigenvalue weighted by Crippen LogP contribution is -2.15. The van der Waals surface area contributed by atoms with Crippen LogP contribution in [0, 0.1) is 11.3 Å². The van der Waals surface area contributed by atoms with Gasteiger partial charge in [0.15, 0.2) is 0 Å². The van der Waals surface area contributed by atoms with Crippen molar-refractivity contribution in [3.8, 4) is 11.8 Å². The van der Waals surface area contributed by atoms with Crippen molar-refractivity contribution in [1.29, 1.82) is 5.26 Å². The summed E-state index contributed by atoms with van der Waals surface area (Å²) in [6.07, 6.45) is 0.373. The van der Waals surface area contributed by atoms with Crippen LogP contribution in [0.2, 0.25) is 0 Å². The third kappa shape index (κ3) is 4.45. The number of amides is 1. The Morgan fingerprint density at radius 3 is 2.53 bits per heavy atom. The molecule has 0 fully saturated rings. The molecule has 1 aromatic heterocycles. The highest BCUT2D eigenvalue weighted by atomic mass is 16.5. The van der Waals surface area contributed by atoms with E-state index in [2.05, 4.69) is 16.4 Å². The first-order valence-electron chi connectivity index (χ1n) is 9.57. The maximum Gasteiger partial charge on any atom is 0.274 e. The Balaban J connectivity index is 1.47. The van der Waals surface area contributed by atoms with E-state index < -0.39 is 0 Å². The smallest absolute Gasteiger partial charge is 0.274 e. The molecule has 5 heteroatoms. The molecule has 0 unspecified atom stereocenters. The molecule has 1 heterocycles. The Morgan fingerprint density at radius 2 is 1.70 bits per heavy atom. The summed E-state index contributed by atoms with van der Waals surface area (Å²) in [6.45, 7) is 0.305. The predicted molar refractivity (Wildman–Crippen MR) is 116 cm³/mol. The van der Waals surface area contributed by atoms with Gasteiger partial charge in [-0.25, -0.2) is 4.98 Å². The molecular weight excluding hydrogens is 374 g/mol. The van der Waals surface area contributed by atoms with Gasteiger partial charge < -0.3 is 10.1 Å². The second-order valence-corrected chi connectivity index (χ2v) is 6.77. The van der Waals surface area contributed by atoms with Gasteiger partial charge in [-0.05, 0) is 35.9 Å². The number of rotatable bonds is 6. The van der Waals surface area contributed by atoms with Gasteiger partial charge in [-0.2, -0.15) is 5.26 Å². The number of nitriles is 1. The summed E-state index contributed by atoms with van der Waals surface area (Å²) in [5.74, 6) is 0.433. The summed E-state index contributed by atoms with van der Waals surface area (Å²) in [7, 11) is 0. The number of pyridine rings is 1.